The van der Waals surface area contributed by atoms with E-state index in [9.17, 15) is 9.59 Å². The molecule has 2 amide bonds. The van der Waals surface area contributed by atoms with Gasteiger partial charge < -0.3 is 10.2 Å². The molecule has 1 aliphatic heterocycles. The Bertz CT molecular complexity index is 329. The first-order chi connectivity index (χ1) is 7.88. The smallest absolute Gasteiger partial charge is 0.243 e. The fourth-order valence-electron chi connectivity index (χ4n) is 2.32. The second kappa shape index (κ2) is 4.31. The van der Waals surface area contributed by atoms with Crippen LogP contribution in [0.15, 0.2) is 0 Å². The van der Waals surface area contributed by atoms with Gasteiger partial charge in [0.15, 0.2) is 0 Å². The van der Waals surface area contributed by atoms with Crippen molar-refractivity contribution in [3.63, 3.8) is 0 Å². The van der Waals surface area contributed by atoms with Crippen LogP contribution in [0, 0.1) is 5.92 Å². The monoisotopic (exact) mass is 238 g/mol. The van der Waals surface area contributed by atoms with Gasteiger partial charge in [-0.1, -0.05) is 0 Å². The van der Waals surface area contributed by atoms with Crippen LogP contribution < -0.4 is 5.32 Å². The molecule has 1 unspecified atom stereocenters. The van der Waals surface area contributed by atoms with Crippen LogP contribution in [-0.4, -0.2) is 34.8 Å². The standard InChI is InChI=1S/C13H22N2O2/c1-13(2,3)14-11(16)10-5-4-8-15(10)12(17)9-6-7-9/h9-10H,4-8H2,1-3H3,(H,14,16). The van der Waals surface area contributed by atoms with Gasteiger partial charge in [-0.3, -0.25) is 9.59 Å². The number of nitrogens with zero attached hydrogens (tertiary/aromatic N) is 1. The second-order valence-electron chi connectivity index (χ2n) is 6.20. The van der Waals surface area contributed by atoms with Gasteiger partial charge >= 0.3 is 0 Å². The van der Waals surface area contributed by atoms with Crippen molar-refractivity contribution in [2.24, 2.45) is 5.92 Å². The zero-order chi connectivity index (χ0) is 12.6. The van der Waals surface area contributed by atoms with E-state index in [0.717, 1.165) is 32.2 Å². The van der Waals surface area contributed by atoms with Crippen molar-refractivity contribution in [3.8, 4) is 0 Å². The van der Waals surface area contributed by atoms with E-state index in [1.165, 1.54) is 0 Å². The first kappa shape index (κ1) is 12.4. The summed E-state index contributed by atoms with van der Waals surface area (Å²) in [6, 6.07) is -0.234. The highest BCUT2D eigenvalue weighted by Gasteiger charge is 2.41. The van der Waals surface area contributed by atoms with Crippen molar-refractivity contribution >= 4 is 11.8 Å². The van der Waals surface area contributed by atoms with Crippen LogP contribution in [0.1, 0.15) is 46.5 Å². The van der Waals surface area contributed by atoms with E-state index in [0.29, 0.717) is 0 Å². The number of hydrogen-bond donors (Lipinski definition) is 1. The van der Waals surface area contributed by atoms with Crippen LogP contribution in [0.25, 0.3) is 0 Å². The van der Waals surface area contributed by atoms with E-state index >= 15 is 0 Å². The molecule has 1 aliphatic carbocycles. The highest BCUT2D eigenvalue weighted by molar-refractivity contribution is 5.90. The number of rotatable bonds is 2. The van der Waals surface area contributed by atoms with Crippen molar-refractivity contribution in [3.05, 3.63) is 0 Å². The van der Waals surface area contributed by atoms with Crippen LogP contribution >= 0.6 is 0 Å². The van der Waals surface area contributed by atoms with Gasteiger partial charge in [-0.05, 0) is 46.5 Å². The lowest BCUT2D eigenvalue weighted by molar-refractivity contribution is -0.140. The highest BCUT2D eigenvalue weighted by atomic mass is 16.2. The third-order valence-corrected chi connectivity index (χ3v) is 3.26. The molecular weight excluding hydrogens is 216 g/mol. The van der Waals surface area contributed by atoms with Crippen molar-refractivity contribution < 1.29 is 9.59 Å². The average Bonchev–Trinajstić information content (AvgIpc) is 2.91. The summed E-state index contributed by atoms with van der Waals surface area (Å²) in [4.78, 5) is 25.9. The largest absolute Gasteiger partial charge is 0.350 e. The van der Waals surface area contributed by atoms with Gasteiger partial charge in [0, 0.05) is 18.0 Å². The minimum atomic E-state index is -0.234. The van der Waals surface area contributed by atoms with Gasteiger partial charge in [0.2, 0.25) is 11.8 Å². The lowest BCUT2D eigenvalue weighted by Crippen LogP contribution is -2.51. The fourth-order valence-corrected chi connectivity index (χ4v) is 2.32. The number of carbonyl (C=O) groups excluding carboxylic acids is 2. The van der Waals surface area contributed by atoms with Crippen LogP contribution in [0.4, 0.5) is 0 Å². The molecule has 2 aliphatic rings. The lowest BCUT2D eigenvalue weighted by atomic mass is 10.1. The fraction of sp³-hybridized carbons (Fsp3) is 0.846. The van der Waals surface area contributed by atoms with Gasteiger partial charge in [-0.15, -0.1) is 0 Å². The molecule has 0 aromatic carbocycles. The second-order valence-corrected chi connectivity index (χ2v) is 6.20. The topological polar surface area (TPSA) is 49.4 Å². The molecule has 4 heteroatoms. The van der Waals surface area contributed by atoms with Crippen LogP contribution in [0.3, 0.4) is 0 Å². The van der Waals surface area contributed by atoms with Crippen molar-refractivity contribution in [1.29, 1.82) is 0 Å². The molecular formula is C13H22N2O2. The van der Waals surface area contributed by atoms with E-state index in [2.05, 4.69) is 5.32 Å². The summed E-state index contributed by atoms with van der Waals surface area (Å²) in [6.45, 7) is 6.64. The maximum absolute atomic E-state index is 12.1. The molecule has 2 fully saturated rings. The quantitative estimate of drug-likeness (QED) is 0.788. The van der Waals surface area contributed by atoms with Crippen LogP contribution in [0.2, 0.25) is 0 Å². The Morgan fingerprint density at radius 1 is 1.18 bits per heavy atom. The Hall–Kier alpha value is -1.06. The molecule has 1 atom stereocenters. The Kier molecular flexibility index (Phi) is 3.15. The number of hydrogen-bond acceptors (Lipinski definition) is 2. The summed E-state index contributed by atoms with van der Waals surface area (Å²) in [5, 5.41) is 2.97. The Morgan fingerprint density at radius 2 is 1.82 bits per heavy atom. The molecule has 4 nitrogen and oxygen atoms in total. The van der Waals surface area contributed by atoms with E-state index < -0.39 is 0 Å². The Morgan fingerprint density at radius 3 is 2.35 bits per heavy atom. The molecule has 0 aromatic heterocycles. The first-order valence-electron chi connectivity index (χ1n) is 6.51. The summed E-state index contributed by atoms with van der Waals surface area (Å²) in [5.41, 5.74) is -0.228. The van der Waals surface area contributed by atoms with Gasteiger partial charge in [-0.25, -0.2) is 0 Å². The maximum atomic E-state index is 12.1. The lowest BCUT2D eigenvalue weighted by Gasteiger charge is -2.28. The highest BCUT2D eigenvalue weighted by Crippen LogP contribution is 2.33. The molecule has 0 aromatic rings. The zero-order valence-corrected chi connectivity index (χ0v) is 11.0. The summed E-state index contributed by atoms with van der Waals surface area (Å²) in [5.74, 6) is 0.401. The number of nitrogens with one attached hydrogen (secondary N) is 1. The number of amides is 2. The summed E-state index contributed by atoms with van der Waals surface area (Å²) in [6.07, 6.45) is 3.76. The third kappa shape index (κ3) is 2.99. The van der Waals surface area contributed by atoms with Crippen molar-refractivity contribution in [2.75, 3.05) is 6.54 Å². The van der Waals surface area contributed by atoms with Crippen LogP contribution in [-0.2, 0) is 9.59 Å². The molecule has 1 N–H and O–H groups in total. The molecule has 1 saturated carbocycles. The van der Waals surface area contributed by atoms with Crippen LogP contribution in [0.5, 0.6) is 0 Å². The molecule has 96 valence electrons. The third-order valence-electron chi connectivity index (χ3n) is 3.26. The molecule has 1 saturated heterocycles. The summed E-state index contributed by atoms with van der Waals surface area (Å²) in [7, 11) is 0. The SMILES string of the molecule is CC(C)(C)NC(=O)C1CCCN1C(=O)C1CC1. The molecule has 0 radical (unpaired) electrons. The van der Waals surface area contributed by atoms with Gasteiger partial charge in [0.25, 0.3) is 0 Å². The first-order valence-corrected chi connectivity index (χ1v) is 6.51. The van der Waals surface area contributed by atoms with E-state index in [-0.39, 0.29) is 29.3 Å². The number of likely N-dealkylation sites (tertiary alicyclic amines) is 1. The molecule has 0 bridgehead atoms. The van der Waals surface area contributed by atoms with Gasteiger partial charge in [-0.2, -0.15) is 0 Å². The zero-order valence-electron chi connectivity index (χ0n) is 11.0. The minimum absolute atomic E-state index is 0.00370. The van der Waals surface area contributed by atoms with Gasteiger partial charge in [0.05, 0.1) is 0 Å². The predicted molar refractivity (Wildman–Crippen MR) is 65.4 cm³/mol. The minimum Gasteiger partial charge on any atom is -0.350 e. The number of carbonyl (C=O) groups is 2. The normalized spacial score (nSPS) is 24.9. The van der Waals surface area contributed by atoms with E-state index in [1.807, 2.05) is 20.8 Å². The van der Waals surface area contributed by atoms with Crippen molar-refractivity contribution in [2.45, 2.75) is 58.0 Å². The summed E-state index contributed by atoms with van der Waals surface area (Å²) >= 11 is 0. The Labute approximate surface area is 103 Å². The maximum Gasteiger partial charge on any atom is 0.243 e. The molecule has 2 rings (SSSR count). The Balaban J connectivity index is 1.98. The molecule has 17 heavy (non-hydrogen) atoms. The molecule has 1 heterocycles. The molecule has 0 spiro atoms. The predicted octanol–water partition coefficient (Wildman–Crippen LogP) is 1.30. The van der Waals surface area contributed by atoms with E-state index in [1.54, 1.807) is 4.90 Å². The van der Waals surface area contributed by atoms with E-state index in [4.69, 9.17) is 0 Å². The van der Waals surface area contributed by atoms with Gasteiger partial charge in [0.1, 0.15) is 6.04 Å². The summed E-state index contributed by atoms with van der Waals surface area (Å²) < 4.78 is 0. The van der Waals surface area contributed by atoms with Crippen molar-refractivity contribution in [1.82, 2.24) is 10.2 Å². The average molecular weight is 238 g/mol.